The Balaban J connectivity index is 2.16. The highest BCUT2D eigenvalue weighted by Crippen LogP contribution is 2.24. The second kappa shape index (κ2) is 2.11. The molecule has 2 N–H and O–H groups in total. The third-order valence-corrected chi connectivity index (χ3v) is 2.59. The molecular weight excluding hydrogens is 144 g/mol. The number of carbonyl (C=O) groups is 1. The smallest absolute Gasteiger partial charge is 0.407 e. The molecule has 0 unspecified atom stereocenters. The van der Waals surface area contributed by atoms with Gasteiger partial charge >= 0.3 is 6.09 Å². The molecule has 4 heteroatoms. The second-order valence-corrected chi connectivity index (χ2v) is 3.47. The van der Waals surface area contributed by atoms with E-state index >= 15 is 0 Å². The van der Waals surface area contributed by atoms with Crippen LogP contribution in [0.1, 0.15) is 6.92 Å². The van der Waals surface area contributed by atoms with Gasteiger partial charge in [-0.25, -0.2) is 4.79 Å². The minimum absolute atomic E-state index is 0.0741. The SMILES string of the molecule is C[C@]12CNC[C@H]1COC(=O)N2. The fourth-order valence-electron chi connectivity index (χ4n) is 1.71. The van der Waals surface area contributed by atoms with Gasteiger partial charge in [0, 0.05) is 19.0 Å². The largest absolute Gasteiger partial charge is 0.449 e. The average molecular weight is 156 g/mol. The first-order chi connectivity index (χ1) is 5.21. The number of cyclic esters (lactones) is 1. The zero-order chi connectivity index (χ0) is 7.90. The number of hydrogen-bond acceptors (Lipinski definition) is 3. The van der Waals surface area contributed by atoms with Gasteiger partial charge in [0.1, 0.15) is 0 Å². The van der Waals surface area contributed by atoms with Gasteiger partial charge in [0.15, 0.2) is 0 Å². The van der Waals surface area contributed by atoms with Gasteiger partial charge in [-0.1, -0.05) is 0 Å². The molecule has 2 rings (SSSR count). The van der Waals surface area contributed by atoms with Gasteiger partial charge in [-0.3, -0.25) is 0 Å². The summed E-state index contributed by atoms with van der Waals surface area (Å²) in [5, 5.41) is 6.06. The molecule has 0 aromatic carbocycles. The molecule has 2 saturated heterocycles. The van der Waals surface area contributed by atoms with Crippen molar-refractivity contribution in [2.75, 3.05) is 19.7 Å². The number of amides is 1. The Hall–Kier alpha value is -0.770. The lowest BCUT2D eigenvalue weighted by Gasteiger charge is -2.35. The first kappa shape index (κ1) is 6.91. The van der Waals surface area contributed by atoms with E-state index in [0.717, 1.165) is 13.1 Å². The Labute approximate surface area is 65.3 Å². The standard InChI is InChI=1S/C7H12N2O2/c1-7-4-8-2-5(7)3-11-6(10)9-7/h5,8H,2-4H2,1H3,(H,9,10)/t5-,7-/m0/s1. The van der Waals surface area contributed by atoms with Gasteiger partial charge in [0.05, 0.1) is 12.1 Å². The summed E-state index contributed by atoms with van der Waals surface area (Å²) >= 11 is 0. The number of fused-ring (bicyclic) bond motifs is 1. The van der Waals surface area contributed by atoms with Crippen LogP contribution in [-0.4, -0.2) is 31.3 Å². The summed E-state index contributed by atoms with van der Waals surface area (Å²) in [5.74, 6) is 0.431. The molecule has 62 valence electrons. The number of alkyl carbamates (subject to hydrolysis) is 1. The Morgan fingerprint density at radius 1 is 1.73 bits per heavy atom. The number of rotatable bonds is 0. The van der Waals surface area contributed by atoms with E-state index in [1.165, 1.54) is 0 Å². The van der Waals surface area contributed by atoms with Gasteiger partial charge in [0.25, 0.3) is 0 Å². The number of ether oxygens (including phenoxy) is 1. The maximum atomic E-state index is 10.8. The van der Waals surface area contributed by atoms with Crippen LogP contribution in [-0.2, 0) is 4.74 Å². The van der Waals surface area contributed by atoms with Crippen molar-refractivity contribution in [2.24, 2.45) is 5.92 Å². The van der Waals surface area contributed by atoms with E-state index in [4.69, 9.17) is 4.74 Å². The molecule has 0 saturated carbocycles. The Morgan fingerprint density at radius 2 is 2.55 bits per heavy atom. The fraction of sp³-hybridized carbons (Fsp3) is 0.857. The van der Waals surface area contributed by atoms with E-state index in [9.17, 15) is 4.79 Å². The third-order valence-electron chi connectivity index (χ3n) is 2.59. The molecule has 2 atom stereocenters. The second-order valence-electron chi connectivity index (χ2n) is 3.47. The Bertz CT molecular complexity index is 195. The predicted molar refractivity (Wildman–Crippen MR) is 39.2 cm³/mol. The van der Waals surface area contributed by atoms with E-state index in [-0.39, 0.29) is 11.6 Å². The van der Waals surface area contributed by atoms with Crippen LogP contribution in [0.3, 0.4) is 0 Å². The van der Waals surface area contributed by atoms with Crippen LogP contribution < -0.4 is 10.6 Å². The lowest BCUT2D eigenvalue weighted by molar-refractivity contribution is 0.0686. The maximum Gasteiger partial charge on any atom is 0.407 e. The number of hydrogen-bond donors (Lipinski definition) is 2. The van der Waals surface area contributed by atoms with E-state index in [1.54, 1.807) is 0 Å². The van der Waals surface area contributed by atoms with Crippen molar-refractivity contribution in [1.29, 1.82) is 0 Å². The highest BCUT2D eigenvalue weighted by molar-refractivity contribution is 5.69. The summed E-state index contributed by atoms with van der Waals surface area (Å²) in [6.45, 7) is 4.40. The van der Waals surface area contributed by atoms with Crippen LogP contribution in [0.25, 0.3) is 0 Å². The van der Waals surface area contributed by atoms with E-state index in [2.05, 4.69) is 17.6 Å². The highest BCUT2D eigenvalue weighted by Gasteiger charge is 2.43. The molecule has 2 heterocycles. The summed E-state index contributed by atoms with van der Waals surface area (Å²) < 4.78 is 4.87. The molecule has 0 spiro atoms. The molecule has 2 fully saturated rings. The van der Waals surface area contributed by atoms with Crippen LogP contribution in [0.4, 0.5) is 4.79 Å². The Kier molecular flexibility index (Phi) is 1.32. The van der Waals surface area contributed by atoms with Gasteiger partial charge < -0.3 is 15.4 Å². The first-order valence-corrected chi connectivity index (χ1v) is 3.86. The molecule has 0 radical (unpaired) electrons. The number of nitrogens with one attached hydrogen (secondary N) is 2. The molecule has 1 amide bonds. The lowest BCUT2D eigenvalue weighted by atomic mass is 9.89. The number of carbonyl (C=O) groups excluding carboxylic acids is 1. The minimum atomic E-state index is -0.285. The zero-order valence-corrected chi connectivity index (χ0v) is 6.52. The molecule has 2 aliphatic rings. The van der Waals surface area contributed by atoms with Crippen molar-refractivity contribution in [3.8, 4) is 0 Å². The van der Waals surface area contributed by atoms with Gasteiger partial charge in [-0.15, -0.1) is 0 Å². The summed E-state index contributed by atoms with van der Waals surface area (Å²) in [5.41, 5.74) is -0.0741. The maximum absolute atomic E-state index is 10.8. The Morgan fingerprint density at radius 3 is 3.36 bits per heavy atom. The molecule has 0 aliphatic carbocycles. The van der Waals surface area contributed by atoms with Crippen molar-refractivity contribution < 1.29 is 9.53 Å². The normalized spacial score (nSPS) is 42.6. The van der Waals surface area contributed by atoms with Crippen molar-refractivity contribution in [3.63, 3.8) is 0 Å². The third kappa shape index (κ3) is 0.976. The quantitative estimate of drug-likeness (QED) is 0.506. The monoisotopic (exact) mass is 156 g/mol. The van der Waals surface area contributed by atoms with Crippen molar-refractivity contribution in [2.45, 2.75) is 12.5 Å². The van der Waals surface area contributed by atoms with E-state index in [0.29, 0.717) is 12.5 Å². The summed E-state index contributed by atoms with van der Waals surface area (Å²) in [7, 11) is 0. The summed E-state index contributed by atoms with van der Waals surface area (Å²) in [6, 6.07) is 0. The topological polar surface area (TPSA) is 50.4 Å². The first-order valence-electron chi connectivity index (χ1n) is 3.86. The predicted octanol–water partition coefficient (Wildman–Crippen LogP) is -0.296. The summed E-state index contributed by atoms with van der Waals surface area (Å²) in [4.78, 5) is 10.8. The zero-order valence-electron chi connectivity index (χ0n) is 6.52. The minimum Gasteiger partial charge on any atom is -0.449 e. The molecule has 0 bridgehead atoms. The average Bonchev–Trinajstić information content (AvgIpc) is 2.28. The molecule has 2 aliphatic heterocycles. The van der Waals surface area contributed by atoms with Crippen LogP contribution in [0.5, 0.6) is 0 Å². The molecule has 11 heavy (non-hydrogen) atoms. The highest BCUT2D eigenvalue weighted by atomic mass is 16.6. The van der Waals surface area contributed by atoms with Crippen LogP contribution in [0.2, 0.25) is 0 Å². The molecular formula is C7H12N2O2. The summed E-state index contributed by atoms with van der Waals surface area (Å²) in [6.07, 6.45) is -0.285. The molecule has 4 nitrogen and oxygen atoms in total. The lowest BCUT2D eigenvalue weighted by Crippen LogP contribution is -2.57. The van der Waals surface area contributed by atoms with Crippen molar-refractivity contribution in [1.82, 2.24) is 10.6 Å². The van der Waals surface area contributed by atoms with Crippen LogP contribution in [0.15, 0.2) is 0 Å². The van der Waals surface area contributed by atoms with E-state index < -0.39 is 0 Å². The van der Waals surface area contributed by atoms with Crippen molar-refractivity contribution >= 4 is 6.09 Å². The van der Waals surface area contributed by atoms with Gasteiger partial charge in [-0.2, -0.15) is 0 Å². The van der Waals surface area contributed by atoms with Gasteiger partial charge in [-0.05, 0) is 6.92 Å². The molecule has 0 aromatic rings. The van der Waals surface area contributed by atoms with E-state index in [1.807, 2.05) is 0 Å². The van der Waals surface area contributed by atoms with Crippen molar-refractivity contribution in [3.05, 3.63) is 0 Å². The fourth-order valence-corrected chi connectivity index (χ4v) is 1.71. The van der Waals surface area contributed by atoms with Crippen LogP contribution >= 0.6 is 0 Å². The molecule has 0 aromatic heterocycles. The van der Waals surface area contributed by atoms with Gasteiger partial charge in [0.2, 0.25) is 0 Å². The van der Waals surface area contributed by atoms with Crippen LogP contribution in [0, 0.1) is 5.92 Å².